The molecule has 9 nitrogen and oxygen atoms in total. The van der Waals surface area contributed by atoms with Crippen molar-refractivity contribution >= 4 is 23.7 Å². The van der Waals surface area contributed by atoms with Gasteiger partial charge in [0.1, 0.15) is 17.5 Å². The quantitative estimate of drug-likeness (QED) is 0.340. The van der Waals surface area contributed by atoms with Crippen molar-refractivity contribution in [3.05, 3.63) is 0 Å². The van der Waals surface area contributed by atoms with Crippen molar-refractivity contribution in [3.63, 3.8) is 0 Å². The molecule has 1 fully saturated rings. The van der Waals surface area contributed by atoms with Crippen LogP contribution in [0.5, 0.6) is 0 Å². The standard InChI is InChI=1S/C10H14N2O7/c11-4(7(14)15)1-6(13)10(9(18)19)2-5(8(16)17)12-3-10/h4-5,12H,1-3,11H2,(H,14,15)(H,16,17)(H,18,19)/t4?,5-,10-/m1/s1. The van der Waals surface area contributed by atoms with E-state index in [-0.39, 0.29) is 6.54 Å². The molecule has 0 aromatic rings. The van der Waals surface area contributed by atoms with Crippen molar-refractivity contribution in [1.29, 1.82) is 0 Å². The number of carbonyl (C=O) groups is 4. The molecule has 1 unspecified atom stereocenters. The first-order valence-electron chi connectivity index (χ1n) is 5.42. The van der Waals surface area contributed by atoms with E-state index in [0.717, 1.165) is 0 Å². The Morgan fingerprint density at radius 2 is 1.84 bits per heavy atom. The molecule has 6 N–H and O–H groups in total. The number of hydrogen-bond acceptors (Lipinski definition) is 6. The van der Waals surface area contributed by atoms with Crippen molar-refractivity contribution < 1.29 is 34.5 Å². The number of hydrogen-bond donors (Lipinski definition) is 5. The van der Waals surface area contributed by atoms with Gasteiger partial charge in [-0.1, -0.05) is 0 Å². The van der Waals surface area contributed by atoms with E-state index in [4.69, 9.17) is 21.1 Å². The molecule has 0 aromatic heterocycles. The lowest BCUT2D eigenvalue weighted by Gasteiger charge is -2.22. The molecule has 0 spiro atoms. The topological polar surface area (TPSA) is 167 Å². The molecular formula is C10H14N2O7. The molecule has 1 heterocycles. The number of rotatable bonds is 6. The molecule has 1 saturated heterocycles. The van der Waals surface area contributed by atoms with Crippen LogP contribution in [0.3, 0.4) is 0 Å². The number of nitrogens with two attached hydrogens (primary N) is 1. The summed E-state index contributed by atoms with van der Waals surface area (Å²) < 4.78 is 0. The van der Waals surface area contributed by atoms with Gasteiger partial charge in [0.05, 0.1) is 0 Å². The summed E-state index contributed by atoms with van der Waals surface area (Å²) in [6.45, 7) is -0.357. The van der Waals surface area contributed by atoms with Gasteiger partial charge in [0.2, 0.25) is 0 Å². The van der Waals surface area contributed by atoms with Crippen molar-refractivity contribution in [3.8, 4) is 0 Å². The lowest BCUT2D eigenvalue weighted by Crippen LogP contribution is -2.45. The van der Waals surface area contributed by atoms with Crippen LogP contribution in [0, 0.1) is 5.41 Å². The van der Waals surface area contributed by atoms with E-state index in [9.17, 15) is 19.2 Å². The van der Waals surface area contributed by atoms with Crippen LogP contribution >= 0.6 is 0 Å². The molecule has 1 rings (SSSR count). The third-order valence-corrected chi connectivity index (χ3v) is 3.17. The molecule has 106 valence electrons. The van der Waals surface area contributed by atoms with Gasteiger partial charge >= 0.3 is 17.9 Å². The van der Waals surface area contributed by atoms with Crippen molar-refractivity contribution in [1.82, 2.24) is 5.32 Å². The van der Waals surface area contributed by atoms with Gasteiger partial charge in [0.25, 0.3) is 0 Å². The lowest BCUT2D eigenvalue weighted by molar-refractivity contribution is -0.155. The van der Waals surface area contributed by atoms with Crippen LogP contribution in [-0.4, -0.2) is 57.6 Å². The predicted octanol–water partition coefficient (Wildman–Crippen LogP) is -2.12. The van der Waals surface area contributed by atoms with E-state index in [2.05, 4.69) is 5.32 Å². The Bertz CT molecular complexity index is 436. The molecule has 1 aliphatic rings. The van der Waals surface area contributed by atoms with Gasteiger partial charge in [-0.2, -0.15) is 0 Å². The van der Waals surface area contributed by atoms with Gasteiger partial charge in [0, 0.05) is 13.0 Å². The first kappa shape index (κ1) is 15.1. The van der Waals surface area contributed by atoms with E-state index in [0.29, 0.717) is 0 Å². The second-order valence-electron chi connectivity index (χ2n) is 4.44. The largest absolute Gasteiger partial charge is 0.480 e. The van der Waals surface area contributed by atoms with E-state index in [1.165, 1.54) is 0 Å². The highest BCUT2D eigenvalue weighted by molar-refractivity contribution is 6.05. The van der Waals surface area contributed by atoms with Crippen LogP contribution in [-0.2, 0) is 19.2 Å². The summed E-state index contributed by atoms with van der Waals surface area (Å²) in [6.07, 6.45) is -1.08. The van der Waals surface area contributed by atoms with E-state index in [1.807, 2.05) is 0 Å². The van der Waals surface area contributed by atoms with Gasteiger partial charge in [-0.25, -0.2) is 0 Å². The van der Waals surface area contributed by atoms with Crippen LogP contribution in [0.25, 0.3) is 0 Å². The van der Waals surface area contributed by atoms with E-state index in [1.54, 1.807) is 0 Å². The Balaban J connectivity index is 2.90. The van der Waals surface area contributed by atoms with Gasteiger partial charge in [-0.3, -0.25) is 19.2 Å². The third kappa shape index (κ3) is 2.88. The molecule has 19 heavy (non-hydrogen) atoms. The SMILES string of the molecule is NC(CC(=O)[C@]1(C(=O)O)CN[C@@H](C(=O)O)C1)C(=O)O. The molecule has 0 aromatic carbocycles. The van der Waals surface area contributed by atoms with Crippen LogP contribution in [0.2, 0.25) is 0 Å². The monoisotopic (exact) mass is 274 g/mol. The first-order chi connectivity index (χ1) is 8.70. The van der Waals surface area contributed by atoms with Crippen LogP contribution in [0.1, 0.15) is 12.8 Å². The van der Waals surface area contributed by atoms with Crippen molar-refractivity contribution in [2.75, 3.05) is 6.54 Å². The molecule has 0 bridgehead atoms. The molecule has 3 atom stereocenters. The maximum Gasteiger partial charge on any atom is 0.320 e. The van der Waals surface area contributed by atoms with Crippen molar-refractivity contribution in [2.45, 2.75) is 24.9 Å². The normalized spacial score (nSPS) is 27.7. The minimum absolute atomic E-state index is 0.357. The highest BCUT2D eigenvalue weighted by atomic mass is 16.4. The zero-order chi connectivity index (χ0) is 14.8. The van der Waals surface area contributed by atoms with Crippen molar-refractivity contribution in [2.24, 2.45) is 11.1 Å². The van der Waals surface area contributed by atoms with Gasteiger partial charge in [0.15, 0.2) is 5.78 Å². The number of aliphatic carboxylic acids is 3. The maximum atomic E-state index is 11.9. The van der Waals surface area contributed by atoms with Gasteiger partial charge in [-0.15, -0.1) is 0 Å². The average molecular weight is 274 g/mol. The summed E-state index contributed by atoms with van der Waals surface area (Å²) in [6, 6.07) is -2.66. The molecule has 0 radical (unpaired) electrons. The van der Waals surface area contributed by atoms with Crippen LogP contribution < -0.4 is 11.1 Å². The minimum atomic E-state index is -1.93. The smallest absolute Gasteiger partial charge is 0.320 e. The Hall–Kier alpha value is -2.00. The highest BCUT2D eigenvalue weighted by Crippen LogP contribution is 2.32. The minimum Gasteiger partial charge on any atom is -0.480 e. The molecule has 0 aliphatic carbocycles. The van der Waals surface area contributed by atoms with Gasteiger partial charge in [-0.05, 0) is 6.42 Å². The molecule has 0 amide bonds. The Morgan fingerprint density at radius 1 is 1.26 bits per heavy atom. The molecular weight excluding hydrogens is 260 g/mol. The number of ketones is 1. The van der Waals surface area contributed by atoms with Gasteiger partial charge < -0.3 is 26.4 Å². The zero-order valence-electron chi connectivity index (χ0n) is 9.83. The molecule has 0 saturated carbocycles. The Kier molecular flexibility index (Phi) is 4.22. The summed E-state index contributed by atoms with van der Waals surface area (Å²) in [5.74, 6) is -5.05. The number of carboxylic acid groups (broad SMARTS) is 3. The maximum absolute atomic E-state index is 11.9. The fourth-order valence-corrected chi connectivity index (χ4v) is 1.94. The Morgan fingerprint density at radius 3 is 2.21 bits per heavy atom. The summed E-state index contributed by atoms with van der Waals surface area (Å²) >= 11 is 0. The fraction of sp³-hybridized carbons (Fsp3) is 0.600. The molecule has 9 heteroatoms. The predicted molar refractivity (Wildman–Crippen MR) is 59.3 cm³/mol. The summed E-state index contributed by atoms with van der Waals surface area (Å²) in [5, 5.41) is 29.0. The van der Waals surface area contributed by atoms with E-state index < -0.39 is 54.0 Å². The number of nitrogens with one attached hydrogen (secondary N) is 1. The first-order valence-corrected chi connectivity index (χ1v) is 5.42. The third-order valence-electron chi connectivity index (χ3n) is 3.17. The summed E-state index contributed by atoms with van der Waals surface area (Å²) in [5.41, 5.74) is 3.25. The average Bonchev–Trinajstić information content (AvgIpc) is 2.74. The second kappa shape index (κ2) is 5.33. The second-order valence-corrected chi connectivity index (χ2v) is 4.44. The lowest BCUT2D eigenvalue weighted by atomic mass is 9.78. The van der Waals surface area contributed by atoms with E-state index >= 15 is 0 Å². The summed E-state index contributed by atoms with van der Waals surface area (Å²) in [7, 11) is 0. The number of carboxylic acids is 3. The molecule has 1 aliphatic heterocycles. The zero-order valence-corrected chi connectivity index (χ0v) is 9.83. The number of Topliss-reactive ketones (excluding diaryl/α,β-unsaturated/α-hetero) is 1. The van der Waals surface area contributed by atoms with Crippen LogP contribution in [0.15, 0.2) is 0 Å². The summed E-state index contributed by atoms with van der Waals surface area (Å²) in [4.78, 5) is 44.5. The highest BCUT2D eigenvalue weighted by Gasteiger charge is 2.53. The Labute approximate surface area is 107 Å². The number of carbonyl (C=O) groups excluding carboxylic acids is 1. The van der Waals surface area contributed by atoms with Crippen LogP contribution in [0.4, 0.5) is 0 Å². The fourth-order valence-electron chi connectivity index (χ4n) is 1.94.